The Labute approximate surface area is 115 Å². The molecule has 3 rings (SSSR count). The number of fused-ring (bicyclic) bond motifs is 2. The SMILES string of the molecule is C1=C2C=C3CCCCC3C=C2CCC1.[NaH]. The van der Waals surface area contributed by atoms with E-state index in [1.165, 1.54) is 44.9 Å². The van der Waals surface area contributed by atoms with E-state index in [4.69, 9.17) is 0 Å². The first kappa shape index (κ1) is 11.7. The number of hydrogen-bond donors (Lipinski definition) is 0. The topological polar surface area (TPSA) is 0 Å². The third kappa shape index (κ3) is 2.33. The molecule has 0 amide bonds. The monoisotopic (exact) mass is 210 g/mol. The van der Waals surface area contributed by atoms with E-state index in [0.29, 0.717) is 0 Å². The minimum absolute atomic E-state index is 0. The van der Waals surface area contributed by atoms with Crippen LogP contribution < -0.4 is 0 Å². The quantitative estimate of drug-likeness (QED) is 0.537. The van der Waals surface area contributed by atoms with Crippen LogP contribution in [0.25, 0.3) is 0 Å². The molecule has 0 aliphatic heterocycles. The molecule has 0 radical (unpaired) electrons. The van der Waals surface area contributed by atoms with Crippen LogP contribution in [0.4, 0.5) is 0 Å². The van der Waals surface area contributed by atoms with E-state index < -0.39 is 0 Å². The van der Waals surface area contributed by atoms with Crippen LogP contribution in [0.5, 0.6) is 0 Å². The predicted octanol–water partition coefficient (Wildman–Crippen LogP) is 3.50. The molecule has 0 aromatic heterocycles. The Morgan fingerprint density at radius 2 is 2.00 bits per heavy atom. The van der Waals surface area contributed by atoms with Gasteiger partial charge in [-0.15, -0.1) is 0 Å². The summed E-state index contributed by atoms with van der Waals surface area (Å²) in [5, 5.41) is 0. The fraction of sp³-hybridized carbons (Fsp3) is 0.571. The Balaban J connectivity index is 0.000000853. The molecule has 0 aromatic rings. The summed E-state index contributed by atoms with van der Waals surface area (Å²) in [5.41, 5.74) is 4.92. The van der Waals surface area contributed by atoms with Crippen molar-refractivity contribution in [1.29, 1.82) is 0 Å². The van der Waals surface area contributed by atoms with Gasteiger partial charge in [0.1, 0.15) is 0 Å². The van der Waals surface area contributed by atoms with Crippen molar-refractivity contribution in [1.82, 2.24) is 0 Å². The van der Waals surface area contributed by atoms with Crippen LogP contribution >= 0.6 is 0 Å². The van der Waals surface area contributed by atoms with Crippen LogP contribution in [-0.2, 0) is 0 Å². The van der Waals surface area contributed by atoms with Gasteiger partial charge >= 0.3 is 29.6 Å². The van der Waals surface area contributed by atoms with Gasteiger partial charge in [0.25, 0.3) is 0 Å². The van der Waals surface area contributed by atoms with Crippen molar-refractivity contribution in [3.05, 3.63) is 34.9 Å². The summed E-state index contributed by atoms with van der Waals surface area (Å²) in [4.78, 5) is 0. The van der Waals surface area contributed by atoms with Crippen LogP contribution in [0.3, 0.4) is 0 Å². The van der Waals surface area contributed by atoms with E-state index in [-0.39, 0.29) is 29.6 Å². The molecular formula is C14H19Na. The molecule has 0 nitrogen and oxygen atoms in total. The van der Waals surface area contributed by atoms with Crippen LogP contribution in [0.15, 0.2) is 34.9 Å². The van der Waals surface area contributed by atoms with Gasteiger partial charge in [-0.05, 0) is 55.6 Å². The minimum atomic E-state index is 0. The third-order valence-corrected chi connectivity index (χ3v) is 3.84. The van der Waals surface area contributed by atoms with E-state index in [9.17, 15) is 0 Å². The van der Waals surface area contributed by atoms with Crippen LogP contribution in [-0.4, -0.2) is 29.6 Å². The predicted molar refractivity (Wildman–Crippen MR) is 67.2 cm³/mol. The molecule has 1 fully saturated rings. The van der Waals surface area contributed by atoms with Gasteiger partial charge in [0.15, 0.2) is 0 Å². The summed E-state index contributed by atoms with van der Waals surface area (Å²) in [6.07, 6.45) is 17.1. The summed E-state index contributed by atoms with van der Waals surface area (Å²) < 4.78 is 0. The first-order valence-corrected chi connectivity index (χ1v) is 6.05. The Kier molecular flexibility index (Phi) is 3.93. The molecule has 0 saturated heterocycles. The maximum absolute atomic E-state index is 2.57. The fourth-order valence-electron chi connectivity index (χ4n) is 3.03. The molecule has 3 aliphatic carbocycles. The van der Waals surface area contributed by atoms with Crippen LogP contribution in [0, 0.1) is 5.92 Å². The molecule has 15 heavy (non-hydrogen) atoms. The third-order valence-electron chi connectivity index (χ3n) is 3.84. The van der Waals surface area contributed by atoms with Gasteiger partial charge < -0.3 is 0 Å². The van der Waals surface area contributed by atoms with E-state index in [1.807, 2.05) is 0 Å². The van der Waals surface area contributed by atoms with Gasteiger partial charge in [0.2, 0.25) is 0 Å². The molecular weight excluding hydrogens is 191 g/mol. The van der Waals surface area contributed by atoms with Crippen LogP contribution in [0.2, 0.25) is 0 Å². The maximum atomic E-state index is 2.57. The molecule has 76 valence electrons. The zero-order valence-corrected chi connectivity index (χ0v) is 8.76. The van der Waals surface area contributed by atoms with Gasteiger partial charge in [0.05, 0.1) is 0 Å². The van der Waals surface area contributed by atoms with Crippen molar-refractivity contribution in [2.45, 2.75) is 44.9 Å². The van der Waals surface area contributed by atoms with Crippen molar-refractivity contribution in [2.24, 2.45) is 5.92 Å². The zero-order chi connectivity index (χ0) is 9.38. The Bertz CT molecular complexity index is 333. The van der Waals surface area contributed by atoms with Crippen molar-refractivity contribution in [3.8, 4) is 0 Å². The van der Waals surface area contributed by atoms with Crippen molar-refractivity contribution in [3.63, 3.8) is 0 Å². The van der Waals surface area contributed by atoms with E-state index >= 15 is 0 Å². The molecule has 1 saturated carbocycles. The average Bonchev–Trinajstić information content (AvgIpc) is 2.26. The van der Waals surface area contributed by atoms with Gasteiger partial charge in [0, 0.05) is 0 Å². The van der Waals surface area contributed by atoms with Crippen molar-refractivity contribution >= 4 is 29.6 Å². The zero-order valence-electron chi connectivity index (χ0n) is 8.76. The van der Waals surface area contributed by atoms with Gasteiger partial charge in [-0.3, -0.25) is 0 Å². The molecule has 0 aromatic carbocycles. The molecule has 1 unspecified atom stereocenters. The van der Waals surface area contributed by atoms with Crippen molar-refractivity contribution < 1.29 is 0 Å². The van der Waals surface area contributed by atoms with E-state index in [2.05, 4.69) is 18.2 Å². The summed E-state index contributed by atoms with van der Waals surface area (Å²) in [7, 11) is 0. The molecule has 1 atom stereocenters. The second-order valence-corrected chi connectivity index (χ2v) is 4.82. The molecule has 1 heteroatoms. The normalized spacial score (nSPS) is 28.8. The standard InChI is InChI=1S/C14H18.Na.H/c1-2-6-12-10-14-8-4-3-7-13(14)9-11(12)5-1;;/h5,9-10,14H,1-4,6-8H2;;. The Hall–Kier alpha value is 0.220. The summed E-state index contributed by atoms with van der Waals surface area (Å²) >= 11 is 0. The first-order chi connectivity index (χ1) is 6.93. The molecule has 0 heterocycles. The molecule has 0 spiro atoms. The number of hydrogen-bond acceptors (Lipinski definition) is 0. The number of rotatable bonds is 0. The average molecular weight is 210 g/mol. The summed E-state index contributed by atoms with van der Waals surface area (Å²) in [5.74, 6) is 0.814. The summed E-state index contributed by atoms with van der Waals surface area (Å²) in [6.45, 7) is 0. The van der Waals surface area contributed by atoms with Gasteiger partial charge in [-0.1, -0.05) is 30.2 Å². The molecule has 3 aliphatic rings. The second-order valence-electron chi connectivity index (χ2n) is 4.82. The van der Waals surface area contributed by atoms with E-state index in [0.717, 1.165) is 5.92 Å². The van der Waals surface area contributed by atoms with Gasteiger partial charge in [-0.2, -0.15) is 0 Å². The molecule has 0 bridgehead atoms. The van der Waals surface area contributed by atoms with Crippen LogP contribution in [0.1, 0.15) is 44.9 Å². The van der Waals surface area contributed by atoms with E-state index in [1.54, 1.807) is 16.7 Å². The fourth-order valence-corrected chi connectivity index (χ4v) is 3.03. The second kappa shape index (κ2) is 5.03. The number of allylic oxidation sites excluding steroid dienone is 6. The van der Waals surface area contributed by atoms with Crippen molar-refractivity contribution in [2.75, 3.05) is 0 Å². The summed E-state index contributed by atoms with van der Waals surface area (Å²) in [6, 6.07) is 0. The Morgan fingerprint density at radius 1 is 1.07 bits per heavy atom. The first-order valence-electron chi connectivity index (χ1n) is 6.05. The molecule has 0 N–H and O–H groups in total. The Morgan fingerprint density at radius 3 is 2.93 bits per heavy atom. The van der Waals surface area contributed by atoms with Gasteiger partial charge in [-0.25, -0.2) is 0 Å².